The molecule has 6 atom stereocenters. The molecule has 2 aliphatic rings. The minimum Gasteiger partial charge on any atom is -0.481 e. The minimum atomic E-state index is -0.544. The third-order valence-electron chi connectivity index (χ3n) is 5.58. The second-order valence-corrected chi connectivity index (χ2v) is 6.86. The molecule has 0 bridgehead atoms. The first-order chi connectivity index (χ1) is 8.54. The Morgan fingerprint density at radius 1 is 1.17 bits per heavy atom. The van der Waals surface area contributed by atoms with Gasteiger partial charge in [0.1, 0.15) is 0 Å². The van der Waals surface area contributed by atoms with Crippen molar-refractivity contribution < 1.29 is 9.90 Å². The minimum absolute atomic E-state index is 0.0773. The lowest BCUT2D eigenvalue weighted by atomic mass is 9.55. The van der Waals surface area contributed by atoms with Gasteiger partial charge in [-0.2, -0.15) is 0 Å². The first kappa shape index (κ1) is 13.9. The molecule has 2 heteroatoms. The molecule has 0 spiro atoms. The Hall–Kier alpha value is -0.530. The molecule has 0 aromatic rings. The van der Waals surface area contributed by atoms with Gasteiger partial charge in [0.2, 0.25) is 0 Å². The first-order valence-electron chi connectivity index (χ1n) is 7.77. The van der Waals surface area contributed by atoms with Gasteiger partial charge in [0, 0.05) is 0 Å². The highest BCUT2D eigenvalue weighted by Gasteiger charge is 2.46. The number of carbonyl (C=O) groups is 1. The van der Waals surface area contributed by atoms with Gasteiger partial charge in [-0.3, -0.25) is 4.79 Å². The van der Waals surface area contributed by atoms with Crippen molar-refractivity contribution in [2.75, 3.05) is 0 Å². The number of carboxylic acids is 1. The lowest BCUT2D eigenvalue weighted by Crippen LogP contribution is -2.44. The van der Waals surface area contributed by atoms with Gasteiger partial charge in [0.15, 0.2) is 0 Å². The highest BCUT2D eigenvalue weighted by Crippen LogP contribution is 2.51. The predicted octanol–water partition coefficient (Wildman–Crippen LogP) is 4.20. The standard InChI is InChI=1S/C16H28O2/c1-4-5-13-14-8-10(2)6-7-12(14)11(3)9-15(13)16(17)18/h10-15H,4-9H2,1-3H3,(H,17,18). The zero-order chi connectivity index (χ0) is 13.3. The summed E-state index contributed by atoms with van der Waals surface area (Å²) in [6.07, 6.45) is 7.10. The summed E-state index contributed by atoms with van der Waals surface area (Å²) >= 11 is 0. The van der Waals surface area contributed by atoms with Crippen LogP contribution in [0, 0.1) is 35.5 Å². The Balaban J connectivity index is 2.20. The third kappa shape index (κ3) is 2.57. The molecule has 0 heterocycles. The van der Waals surface area contributed by atoms with Crippen molar-refractivity contribution in [3.05, 3.63) is 0 Å². The number of hydrogen-bond donors (Lipinski definition) is 1. The second kappa shape index (κ2) is 5.63. The molecule has 6 unspecified atom stereocenters. The van der Waals surface area contributed by atoms with Crippen LogP contribution in [-0.2, 0) is 4.79 Å². The Morgan fingerprint density at radius 3 is 2.50 bits per heavy atom. The number of rotatable bonds is 3. The van der Waals surface area contributed by atoms with E-state index in [1.807, 2.05) is 0 Å². The van der Waals surface area contributed by atoms with E-state index in [2.05, 4.69) is 20.8 Å². The van der Waals surface area contributed by atoms with Gasteiger partial charge >= 0.3 is 5.97 Å². The monoisotopic (exact) mass is 252 g/mol. The van der Waals surface area contributed by atoms with Crippen molar-refractivity contribution in [1.29, 1.82) is 0 Å². The van der Waals surface area contributed by atoms with Crippen LogP contribution < -0.4 is 0 Å². The van der Waals surface area contributed by atoms with E-state index >= 15 is 0 Å². The molecule has 0 amide bonds. The molecule has 0 radical (unpaired) electrons. The van der Waals surface area contributed by atoms with Crippen LogP contribution in [-0.4, -0.2) is 11.1 Å². The molecule has 0 saturated heterocycles. The van der Waals surface area contributed by atoms with Crippen molar-refractivity contribution >= 4 is 5.97 Å². The van der Waals surface area contributed by atoms with E-state index in [0.29, 0.717) is 17.8 Å². The smallest absolute Gasteiger partial charge is 0.306 e. The van der Waals surface area contributed by atoms with Crippen molar-refractivity contribution in [3.63, 3.8) is 0 Å². The molecule has 2 fully saturated rings. The predicted molar refractivity (Wildman–Crippen MR) is 73.3 cm³/mol. The molecule has 0 aromatic carbocycles. The molecule has 0 aliphatic heterocycles. The first-order valence-corrected chi connectivity index (χ1v) is 7.77. The molecule has 0 aromatic heterocycles. The van der Waals surface area contributed by atoms with Crippen LogP contribution in [0.25, 0.3) is 0 Å². The normalized spacial score (nSPS) is 44.4. The molecule has 1 N–H and O–H groups in total. The summed E-state index contributed by atoms with van der Waals surface area (Å²) in [5, 5.41) is 9.51. The van der Waals surface area contributed by atoms with Crippen LogP contribution in [0.4, 0.5) is 0 Å². The van der Waals surface area contributed by atoms with Crippen LogP contribution in [0.3, 0.4) is 0 Å². The third-order valence-corrected chi connectivity index (χ3v) is 5.58. The van der Waals surface area contributed by atoms with Crippen molar-refractivity contribution in [3.8, 4) is 0 Å². The van der Waals surface area contributed by atoms with E-state index in [1.54, 1.807) is 0 Å². The Bertz CT molecular complexity index is 299. The van der Waals surface area contributed by atoms with Gasteiger partial charge in [-0.05, 0) is 55.3 Å². The zero-order valence-corrected chi connectivity index (χ0v) is 12.1. The summed E-state index contributed by atoms with van der Waals surface area (Å²) in [6.45, 7) is 6.82. The molecule has 2 aliphatic carbocycles. The fraction of sp³-hybridized carbons (Fsp3) is 0.938. The Morgan fingerprint density at radius 2 is 1.89 bits per heavy atom. The molecule has 2 nitrogen and oxygen atoms in total. The fourth-order valence-electron chi connectivity index (χ4n) is 4.73. The van der Waals surface area contributed by atoms with Gasteiger partial charge in [0.25, 0.3) is 0 Å². The molecular formula is C16H28O2. The molecule has 2 rings (SSSR count). The SMILES string of the molecule is CCCC1C(C(=O)O)CC(C)C2CCC(C)CC21. The van der Waals surface area contributed by atoms with Crippen LogP contribution in [0.5, 0.6) is 0 Å². The number of carboxylic acid groups (broad SMARTS) is 1. The van der Waals surface area contributed by atoms with E-state index in [9.17, 15) is 9.90 Å². The maximum Gasteiger partial charge on any atom is 0.306 e. The van der Waals surface area contributed by atoms with Crippen molar-refractivity contribution in [2.45, 2.75) is 59.3 Å². The highest BCUT2D eigenvalue weighted by atomic mass is 16.4. The molecular weight excluding hydrogens is 224 g/mol. The Kier molecular flexibility index (Phi) is 4.34. The molecule has 104 valence electrons. The largest absolute Gasteiger partial charge is 0.481 e. The number of fused-ring (bicyclic) bond motifs is 1. The topological polar surface area (TPSA) is 37.3 Å². The van der Waals surface area contributed by atoms with Gasteiger partial charge in [0.05, 0.1) is 5.92 Å². The van der Waals surface area contributed by atoms with E-state index < -0.39 is 5.97 Å². The highest BCUT2D eigenvalue weighted by molar-refractivity contribution is 5.70. The van der Waals surface area contributed by atoms with E-state index in [4.69, 9.17) is 0 Å². The van der Waals surface area contributed by atoms with Crippen molar-refractivity contribution in [2.24, 2.45) is 35.5 Å². The van der Waals surface area contributed by atoms with Crippen LogP contribution in [0.15, 0.2) is 0 Å². The lowest BCUT2D eigenvalue weighted by molar-refractivity contribution is -0.150. The van der Waals surface area contributed by atoms with Gasteiger partial charge in [-0.1, -0.05) is 33.6 Å². The van der Waals surface area contributed by atoms with E-state index in [-0.39, 0.29) is 5.92 Å². The van der Waals surface area contributed by atoms with Crippen LogP contribution >= 0.6 is 0 Å². The van der Waals surface area contributed by atoms with Gasteiger partial charge in [-0.25, -0.2) is 0 Å². The fourth-order valence-corrected chi connectivity index (χ4v) is 4.73. The molecule has 18 heavy (non-hydrogen) atoms. The average molecular weight is 252 g/mol. The summed E-state index contributed by atoms with van der Waals surface area (Å²) in [5.74, 6) is 2.70. The lowest BCUT2D eigenvalue weighted by Gasteiger charge is -2.49. The number of aliphatic carboxylic acids is 1. The summed E-state index contributed by atoms with van der Waals surface area (Å²) in [7, 11) is 0. The summed E-state index contributed by atoms with van der Waals surface area (Å²) in [4.78, 5) is 11.5. The van der Waals surface area contributed by atoms with Crippen LogP contribution in [0.2, 0.25) is 0 Å². The van der Waals surface area contributed by atoms with E-state index in [1.165, 1.54) is 19.3 Å². The van der Waals surface area contributed by atoms with Crippen LogP contribution in [0.1, 0.15) is 59.3 Å². The molecule has 2 saturated carbocycles. The quantitative estimate of drug-likeness (QED) is 0.817. The maximum absolute atomic E-state index is 11.5. The van der Waals surface area contributed by atoms with Gasteiger partial charge < -0.3 is 5.11 Å². The summed E-state index contributed by atoms with van der Waals surface area (Å²) in [5.41, 5.74) is 0. The summed E-state index contributed by atoms with van der Waals surface area (Å²) in [6, 6.07) is 0. The number of hydrogen-bond acceptors (Lipinski definition) is 1. The van der Waals surface area contributed by atoms with Crippen molar-refractivity contribution in [1.82, 2.24) is 0 Å². The maximum atomic E-state index is 11.5. The van der Waals surface area contributed by atoms with E-state index in [0.717, 1.165) is 31.1 Å². The van der Waals surface area contributed by atoms with Gasteiger partial charge in [-0.15, -0.1) is 0 Å². The Labute approximate surface area is 111 Å². The summed E-state index contributed by atoms with van der Waals surface area (Å²) < 4.78 is 0. The second-order valence-electron chi connectivity index (χ2n) is 6.86. The average Bonchev–Trinajstić information content (AvgIpc) is 2.32. The zero-order valence-electron chi connectivity index (χ0n) is 12.1.